The second kappa shape index (κ2) is 7.71. The number of aryl methyl sites for hydroxylation is 1. The van der Waals surface area contributed by atoms with Crippen LogP contribution in [0.5, 0.6) is 0 Å². The first-order valence-electron chi connectivity index (χ1n) is 8.32. The van der Waals surface area contributed by atoms with Crippen molar-refractivity contribution in [3.63, 3.8) is 0 Å². The van der Waals surface area contributed by atoms with Crippen LogP contribution < -0.4 is 10.6 Å². The molecule has 2 aromatic heterocycles. The zero-order valence-electron chi connectivity index (χ0n) is 14.7. The molecule has 0 bridgehead atoms. The van der Waals surface area contributed by atoms with Crippen molar-refractivity contribution in [1.82, 2.24) is 10.3 Å². The molecule has 140 valence electrons. The molecule has 0 saturated carbocycles. The van der Waals surface area contributed by atoms with Gasteiger partial charge in [-0.25, -0.2) is 4.98 Å². The molecule has 0 saturated heterocycles. The standard InChI is InChI=1S/C20H14ClN3O2S2/c1-11-4-5-12(19-22-15-10-13(21)6-7-16(15)26-19)9-14(11)23-20(27)24-18(25)17-3-2-8-28-17/h2-10H,1H3,(H2,23,24,25,27). The molecule has 28 heavy (non-hydrogen) atoms. The molecule has 2 N–H and O–H groups in total. The lowest BCUT2D eigenvalue weighted by atomic mass is 10.1. The van der Waals surface area contributed by atoms with Gasteiger partial charge in [0, 0.05) is 16.3 Å². The molecule has 4 aromatic rings. The van der Waals surface area contributed by atoms with Crippen LogP contribution in [0.2, 0.25) is 5.02 Å². The predicted molar refractivity (Wildman–Crippen MR) is 117 cm³/mol. The summed E-state index contributed by atoms with van der Waals surface area (Å²) in [7, 11) is 0. The quantitative estimate of drug-likeness (QED) is 0.414. The van der Waals surface area contributed by atoms with E-state index in [1.54, 1.807) is 24.3 Å². The number of halogens is 1. The van der Waals surface area contributed by atoms with Gasteiger partial charge in [-0.15, -0.1) is 11.3 Å². The fourth-order valence-corrected chi connectivity index (χ4v) is 3.63. The number of aromatic nitrogens is 1. The molecule has 2 heterocycles. The van der Waals surface area contributed by atoms with E-state index in [2.05, 4.69) is 15.6 Å². The van der Waals surface area contributed by atoms with Gasteiger partial charge in [0.05, 0.1) is 4.88 Å². The molecular formula is C20H14ClN3O2S2. The normalized spacial score (nSPS) is 10.8. The molecule has 0 atom stereocenters. The van der Waals surface area contributed by atoms with Gasteiger partial charge < -0.3 is 9.73 Å². The van der Waals surface area contributed by atoms with Crippen LogP contribution in [0.25, 0.3) is 22.6 Å². The van der Waals surface area contributed by atoms with Crippen molar-refractivity contribution in [1.29, 1.82) is 0 Å². The van der Waals surface area contributed by atoms with Crippen LogP contribution in [0.3, 0.4) is 0 Å². The molecule has 0 aliphatic carbocycles. The molecule has 8 heteroatoms. The number of benzene rings is 2. The van der Waals surface area contributed by atoms with Crippen molar-refractivity contribution in [3.05, 3.63) is 69.4 Å². The maximum atomic E-state index is 12.1. The maximum Gasteiger partial charge on any atom is 0.267 e. The van der Waals surface area contributed by atoms with Crippen LogP contribution in [0.1, 0.15) is 15.2 Å². The molecule has 2 aromatic carbocycles. The lowest BCUT2D eigenvalue weighted by molar-refractivity contribution is 0.0981. The molecule has 1 amide bonds. The summed E-state index contributed by atoms with van der Waals surface area (Å²) >= 11 is 12.7. The van der Waals surface area contributed by atoms with Crippen LogP contribution in [0.4, 0.5) is 5.69 Å². The molecule has 0 radical (unpaired) electrons. The van der Waals surface area contributed by atoms with Crippen LogP contribution in [-0.2, 0) is 0 Å². The summed E-state index contributed by atoms with van der Waals surface area (Å²) in [6.07, 6.45) is 0. The van der Waals surface area contributed by atoms with Gasteiger partial charge >= 0.3 is 0 Å². The number of thiocarbonyl (C=S) groups is 1. The number of fused-ring (bicyclic) bond motifs is 1. The van der Waals surface area contributed by atoms with E-state index in [9.17, 15) is 4.79 Å². The number of rotatable bonds is 3. The van der Waals surface area contributed by atoms with E-state index in [4.69, 9.17) is 28.2 Å². The Kier molecular flexibility index (Phi) is 5.13. The summed E-state index contributed by atoms with van der Waals surface area (Å²) < 4.78 is 5.82. The zero-order valence-corrected chi connectivity index (χ0v) is 17.0. The van der Waals surface area contributed by atoms with Gasteiger partial charge in [-0.05, 0) is 66.5 Å². The van der Waals surface area contributed by atoms with Crippen molar-refractivity contribution in [3.8, 4) is 11.5 Å². The average molecular weight is 428 g/mol. The van der Waals surface area contributed by atoms with E-state index in [0.29, 0.717) is 26.9 Å². The Morgan fingerprint density at radius 3 is 2.86 bits per heavy atom. The highest BCUT2D eigenvalue weighted by molar-refractivity contribution is 7.80. The number of oxazole rings is 1. The first-order valence-corrected chi connectivity index (χ1v) is 9.99. The van der Waals surface area contributed by atoms with Crippen molar-refractivity contribution < 1.29 is 9.21 Å². The SMILES string of the molecule is Cc1ccc(-c2nc3cc(Cl)ccc3o2)cc1NC(=S)NC(=O)c1cccs1. The molecule has 0 aliphatic heterocycles. The Balaban J connectivity index is 1.56. The molecule has 4 rings (SSSR count). The lowest BCUT2D eigenvalue weighted by Crippen LogP contribution is -2.33. The number of anilines is 1. The molecule has 5 nitrogen and oxygen atoms in total. The van der Waals surface area contributed by atoms with Gasteiger partial charge in [-0.3, -0.25) is 10.1 Å². The first kappa shape index (κ1) is 18.6. The number of hydrogen-bond acceptors (Lipinski definition) is 5. The highest BCUT2D eigenvalue weighted by Gasteiger charge is 2.13. The number of hydrogen-bond donors (Lipinski definition) is 2. The maximum absolute atomic E-state index is 12.1. The van der Waals surface area contributed by atoms with E-state index >= 15 is 0 Å². The van der Waals surface area contributed by atoms with Gasteiger partial charge in [0.2, 0.25) is 5.89 Å². The van der Waals surface area contributed by atoms with E-state index in [1.165, 1.54) is 11.3 Å². The Morgan fingerprint density at radius 2 is 2.07 bits per heavy atom. The molecule has 0 spiro atoms. The number of amides is 1. The topological polar surface area (TPSA) is 67.2 Å². The molecule has 0 aliphatic rings. The van der Waals surface area contributed by atoms with E-state index < -0.39 is 0 Å². The summed E-state index contributed by atoms with van der Waals surface area (Å²) in [5.41, 5.74) is 3.86. The predicted octanol–water partition coefficient (Wildman–Crippen LogP) is 5.64. The first-order chi connectivity index (χ1) is 13.5. The number of nitrogens with zero attached hydrogens (tertiary/aromatic N) is 1. The molecule has 0 fully saturated rings. The van der Waals surface area contributed by atoms with Gasteiger partial charge in [-0.1, -0.05) is 23.7 Å². The molecular weight excluding hydrogens is 414 g/mol. The number of nitrogens with one attached hydrogen (secondary N) is 2. The Bertz CT molecular complexity index is 1190. The monoisotopic (exact) mass is 427 g/mol. The smallest absolute Gasteiger partial charge is 0.267 e. The van der Waals surface area contributed by atoms with E-state index in [1.807, 2.05) is 36.6 Å². The number of carbonyl (C=O) groups is 1. The highest BCUT2D eigenvalue weighted by atomic mass is 35.5. The van der Waals surface area contributed by atoms with Crippen molar-refractivity contribution in [2.75, 3.05) is 5.32 Å². The number of carbonyl (C=O) groups excluding carboxylic acids is 1. The van der Waals surface area contributed by atoms with Gasteiger partial charge in [-0.2, -0.15) is 0 Å². The molecule has 0 unspecified atom stereocenters. The van der Waals surface area contributed by atoms with Gasteiger partial charge in [0.15, 0.2) is 10.7 Å². The van der Waals surface area contributed by atoms with Gasteiger partial charge in [0.25, 0.3) is 5.91 Å². The minimum absolute atomic E-state index is 0.225. The highest BCUT2D eigenvalue weighted by Crippen LogP contribution is 2.29. The van der Waals surface area contributed by atoms with Crippen LogP contribution >= 0.6 is 35.2 Å². The van der Waals surface area contributed by atoms with E-state index in [0.717, 1.165) is 16.8 Å². The van der Waals surface area contributed by atoms with Crippen molar-refractivity contribution >= 4 is 63.0 Å². The second-order valence-electron chi connectivity index (χ2n) is 6.05. The van der Waals surface area contributed by atoms with Gasteiger partial charge in [0.1, 0.15) is 5.52 Å². The van der Waals surface area contributed by atoms with Crippen LogP contribution in [0, 0.1) is 6.92 Å². The third-order valence-electron chi connectivity index (χ3n) is 4.05. The summed E-state index contributed by atoms with van der Waals surface area (Å²) in [4.78, 5) is 17.2. The third kappa shape index (κ3) is 3.91. The lowest BCUT2D eigenvalue weighted by Gasteiger charge is -2.12. The minimum Gasteiger partial charge on any atom is -0.436 e. The summed E-state index contributed by atoms with van der Waals surface area (Å²) in [6.45, 7) is 1.95. The summed E-state index contributed by atoms with van der Waals surface area (Å²) in [6, 6.07) is 14.6. The fraction of sp³-hybridized carbons (Fsp3) is 0.0500. The zero-order chi connectivity index (χ0) is 19.7. The Labute approximate surface area is 175 Å². The average Bonchev–Trinajstić information content (AvgIpc) is 3.32. The second-order valence-corrected chi connectivity index (χ2v) is 7.84. The number of thiophene rings is 1. The summed E-state index contributed by atoms with van der Waals surface area (Å²) in [5, 5.41) is 8.42. The Hall–Kier alpha value is -2.74. The van der Waals surface area contributed by atoms with Crippen molar-refractivity contribution in [2.45, 2.75) is 6.92 Å². The minimum atomic E-state index is -0.239. The van der Waals surface area contributed by atoms with Crippen LogP contribution in [0.15, 0.2) is 58.3 Å². The fourth-order valence-electron chi connectivity index (χ4n) is 2.64. The summed E-state index contributed by atoms with van der Waals surface area (Å²) in [5.74, 6) is 0.242. The Morgan fingerprint density at radius 1 is 1.21 bits per heavy atom. The largest absolute Gasteiger partial charge is 0.436 e. The van der Waals surface area contributed by atoms with Crippen molar-refractivity contribution in [2.24, 2.45) is 0 Å². The van der Waals surface area contributed by atoms with Crippen LogP contribution in [-0.4, -0.2) is 16.0 Å². The third-order valence-corrected chi connectivity index (χ3v) is 5.36. The van der Waals surface area contributed by atoms with E-state index in [-0.39, 0.29) is 11.0 Å².